The van der Waals surface area contributed by atoms with Crippen molar-refractivity contribution in [2.24, 2.45) is 5.92 Å². The van der Waals surface area contributed by atoms with Gasteiger partial charge in [-0.05, 0) is 32.0 Å². The molecule has 0 bridgehead atoms. The second-order valence-corrected chi connectivity index (χ2v) is 4.30. The summed E-state index contributed by atoms with van der Waals surface area (Å²) in [6, 6.07) is 1.92. The highest BCUT2D eigenvalue weighted by Crippen LogP contribution is 2.16. The van der Waals surface area contributed by atoms with Crippen LogP contribution in [0.4, 0.5) is 11.4 Å². The molecule has 1 aromatic rings. The lowest BCUT2D eigenvalue weighted by Crippen LogP contribution is -2.19. The Kier molecular flexibility index (Phi) is 3.06. The molecule has 0 amide bonds. The molecule has 4 heteroatoms. The predicted molar refractivity (Wildman–Crippen MR) is 62.7 cm³/mol. The highest BCUT2D eigenvalue weighted by atomic mass is 15.1. The lowest BCUT2D eigenvalue weighted by atomic mass is 10.1. The van der Waals surface area contributed by atoms with Crippen molar-refractivity contribution in [2.75, 3.05) is 37.7 Å². The molecule has 1 fully saturated rings. The van der Waals surface area contributed by atoms with Crippen LogP contribution in [0.25, 0.3) is 0 Å². The van der Waals surface area contributed by atoms with Crippen molar-refractivity contribution in [3.05, 3.63) is 18.5 Å². The topological polar surface area (TPSA) is 54.2 Å². The van der Waals surface area contributed by atoms with E-state index in [0.717, 1.165) is 18.2 Å². The lowest BCUT2D eigenvalue weighted by molar-refractivity contribution is 0.399. The van der Waals surface area contributed by atoms with E-state index in [-0.39, 0.29) is 0 Å². The molecule has 1 aliphatic heterocycles. The maximum atomic E-state index is 5.65. The number of hydrogen-bond donors (Lipinski definition) is 2. The molecule has 0 saturated carbocycles. The van der Waals surface area contributed by atoms with E-state index in [1.165, 1.54) is 19.5 Å². The third kappa shape index (κ3) is 2.83. The van der Waals surface area contributed by atoms with Crippen LogP contribution < -0.4 is 11.1 Å². The molecule has 2 rings (SSSR count). The zero-order chi connectivity index (χ0) is 10.7. The smallest absolute Gasteiger partial charge is 0.0547 e. The first-order chi connectivity index (χ1) is 7.24. The highest BCUT2D eigenvalue weighted by Gasteiger charge is 2.18. The molecular formula is C11H18N4. The van der Waals surface area contributed by atoms with Gasteiger partial charge in [0.25, 0.3) is 0 Å². The Bertz CT molecular complexity index is 326. The number of likely N-dealkylation sites (tertiary alicyclic amines) is 1. The van der Waals surface area contributed by atoms with Gasteiger partial charge in [0.15, 0.2) is 0 Å². The first kappa shape index (κ1) is 10.2. The van der Waals surface area contributed by atoms with E-state index >= 15 is 0 Å². The zero-order valence-electron chi connectivity index (χ0n) is 9.11. The average molecular weight is 206 g/mol. The van der Waals surface area contributed by atoms with Crippen molar-refractivity contribution in [3.63, 3.8) is 0 Å². The van der Waals surface area contributed by atoms with Crippen LogP contribution in [0.15, 0.2) is 18.5 Å². The Morgan fingerprint density at radius 2 is 2.47 bits per heavy atom. The number of anilines is 2. The number of pyridine rings is 1. The summed E-state index contributed by atoms with van der Waals surface area (Å²) in [6.45, 7) is 3.40. The molecule has 1 aliphatic rings. The second kappa shape index (κ2) is 4.49. The molecule has 1 saturated heterocycles. The summed E-state index contributed by atoms with van der Waals surface area (Å²) in [4.78, 5) is 6.41. The zero-order valence-corrected chi connectivity index (χ0v) is 9.11. The Labute approximate surface area is 90.5 Å². The van der Waals surface area contributed by atoms with Crippen molar-refractivity contribution in [1.82, 2.24) is 9.88 Å². The number of hydrogen-bond acceptors (Lipinski definition) is 4. The summed E-state index contributed by atoms with van der Waals surface area (Å²) in [5, 5.41) is 3.38. The molecule has 0 radical (unpaired) electrons. The van der Waals surface area contributed by atoms with Gasteiger partial charge in [-0.1, -0.05) is 0 Å². The van der Waals surface area contributed by atoms with Crippen LogP contribution in [0.2, 0.25) is 0 Å². The van der Waals surface area contributed by atoms with Gasteiger partial charge in [-0.15, -0.1) is 0 Å². The fraction of sp³-hybridized carbons (Fsp3) is 0.545. The third-order valence-corrected chi connectivity index (χ3v) is 2.84. The highest BCUT2D eigenvalue weighted by molar-refractivity contribution is 5.51. The largest absolute Gasteiger partial charge is 0.397 e. The van der Waals surface area contributed by atoms with E-state index in [9.17, 15) is 0 Å². The van der Waals surface area contributed by atoms with E-state index in [1.54, 1.807) is 6.20 Å². The van der Waals surface area contributed by atoms with E-state index in [1.807, 2.05) is 12.3 Å². The van der Waals surface area contributed by atoms with Crippen molar-refractivity contribution in [2.45, 2.75) is 6.42 Å². The number of rotatable bonds is 3. The van der Waals surface area contributed by atoms with E-state index < -0.39 is 0 Å². The number of aromatic nitrogens is 1. The summed E-state index contributed by atoms with van der Waals surface area (Å²) >= 11 is 0. The summed E-state index contributed by atoms with van der Waals surface area (Å²) in [5.74, 6) is 0.747. The van der Waals surface area contributed by atoms with Gasteiger partial charge in [-0.3, -0.25) is 4.98 Å². The SMILES string of the molecule is CN1CCC(CNc2cncc(N)c2)C1. The minimum absolute atomic E-state index is 0.712. The van der Waals surface area contributed by atoms with Crippen LogP contribution >= 0.6 is 0 Å². The molecule has 0 aliphatic carbocycles. The number of nitrogen functional groups attached to an aromatic ring is 1. The Hall–Kier alpha value is -1.29. The number of nitrogens with one attached hydrogen (secondary N) is 1. The molecule has 15 heavy (non-hydrogen) atoms. The molecule has 82 valence electrons. The summed E-state index contributed by atoms with van der Waals surface area (Å²) in [7, 11) is 2.17. The first-order valence-electron chi connectivity index (χ1n) is 5.37. The monoisotopic (exact) mass is 206 g/mol. The predicted octanol–water partition coefficient (Wildman–Crippen LogP) is 1.03. The van der Waals surface area contributed by atoms with Crippen molar-refractivity contribution in [3.8, 4) is 0 Å². The molecule has 0 aromatic carbocycles. The molecule has 1 aromatic heterocycles. The van der Waals surface area contributed by atoms with Gasteiger partial charge in [0.1, 0.15) is 0 Å². The second-order valence-electron chi connectivity index (χ2n) is 4.30. The van der Waals surface area contributed by atoms with Gasteiger partial charge in [0, 0.05) is 19.3 Å². The Morgan fingerprint density at radius 3 is 3.13 bits per heavy atom. The van der Waals surface area contributed by atoms with Crippen molar-refractivity contribution in [1.29, 1.82) is 0 Å². The first-order valence-corrected chi connectivity index (χ1v) is 5.37. The van der Waals surface area contributed by atoms with Gasteiger partial charge in [0.2, 0.25) is 0 Å². The standard InChI is InChI=1S/C11H18N4/c1-15-3-2-9(8-15)5-14-11-4-10(12)6-13-7-11/h4,6-7,9,14H,2-3,5,8,12H2,1H3. The Morgan fingerprint density at radius 1 is 1.60 bits per heavy atom. The molecule has 0 spiro atoms. The molecule has 1 unspecified atom stereocenters. The summed E-state index contributed by atoms with van der Waals surface area (Å²) in [6.07, 6.45) is 4.75. The molecular weight excluding hydrogens is 188 g/mol. The fourth-order valence-corrected chi connectivity index (χ4v) is 2.01. The molecule has 1 atom stereocenters. The van der Waals surface area contributed by atoms with Gasteiger partial charge in [0.05, 0.1) is 17.6 Å². The minimum atomic E-state index is 0.712. The molecule has 3 N–H and O–H groups in total. The van der Waals surface area contributed by atoms with Gasteiger partial charge in [-0.2, -0.15) is 0 Å². The molecule has 4 nitrogen and oxygen atoms in total. The van der Waals surface area contributed by atoms with Gasteiger partial charge >= 0.3 is 0 Å². The van der Waals surface area contributed by atoms with E-state index in [4.69, 9.17) is 5.73 Å². The maximum Gasteiger partial charge on any atom is 0.0547 e. The van der Waals surface area contributed by atoms with Crippen molar-refractivity contribution >= 4 is 11.4 Å². The van der Waals surface area contributed by atoms with Crippen LogP contribution in [0, 0.1) is 5.92 Å². The lowest BCUT2D eigenvalue weighted by Gasteiger charge is -2.12. The van der Waals surface area contributed by atoms with Gasteiger partial charge in [-0.25, -0.2) is 0 Å². The van der Waals surface area contributed by atoms with Crippen LogP contribution in [0.3, 0.4) is 0 Å². The minimum Gasteiger partial charge on any atom is -0.397 e. The van der Waals surface area contributed by atoms with Crippen LogP contribution in [-0.4, -0.2) is 36.6 Å². The number of nitrogens with two attached hydrogens (primary N) is 1. The summed E-state index contributed by atoms with van der Waals surface area (Å²) in [5.41, 5.74) is 7.38. The van der Waals surface area contributed by atoms with Crippen molar-refractivity contribution < 1.29 is 0 Å². The van der Waals surface area contributed by atoms with E-state index in [0.29, 0.717) is 5.69 Å². The third-order valence-electron chi connectivity index (χ3n) is 2.84. The summed E-state index contributed by atoms with van der Waals surface area (Å²) < 4.78 is 0. The van der Waals surface area contributed by atoms with Crippen LogP contribution in [-0.2, 0) is 0 Å². The van der Waals surface area contributed by atoms with Gasteiger partial charge < -0.3 is 16.0 Å². The quantitative estimate of drug-likeness (QED) is 0.775. The normalized spacial score (nSPS) is 21.8. The van der Waals surface area contributed by atoms with Crippen LogP contribution in [0.5, 0.6) is 0 Å². The molecule has 2 heterocycles. The van der Waals surface area contributed by atoms with Crippen LogP contribution in [0.1, 0.15) is 6.42 Å². The average Bonchev–Trinajstić information content (AvgIpc) is 2.62. The van der Waals surface area contributed by atoms with E-state index in [2.05, 4.69) is 22.2 Å². The maximum absolute atomic E-state index is 5.65. The number of nitrogens with zero attached hydrogens (tertiary/aromatic N) is 2. The fourth-order valence-electron chi connectivity index (χ4n) is 2.01. The Balaban J connectivity index is 1.83.